The Morgan fingerprint density at radius 1 is 1.31 bits per heavy atom. The van der Waals surface area contributed by atoms with Gasteiger partial charge in [0, 0.05) is 5.92 Å². The lowest BCUT2D eigenvalue weighted by Gasteiger charge is -2.24. The van der Waals surface area contributed by atoms with Crippen molar-refractivity contribution < 1.29 is 32.6 Å². The molecule has 194 valence electrons. The van der Waals surface area contributed by atoms with Crippen LogP contribution in [0.5, 0.6) is 11.6 Å². The van der Waals surface area contributed by atoms with Gasteiger partial charge in [-0.05, 0) is 25.5 Å². The Morgan fingerprint density at radius 2 is 2.06 bits per heavy atom. The molecule has 5 unspecified atom stereocenters. The molecule has 13 nitrogen and oxygen atoms in total. The number of aromatic nitrogens is 4. The van der Waals surface area contributed by atoms with E-state index in [9.17, 15) is 9.36 Å². The highest BCUT2D eigenvalue weighted by atomic mass is 31.2. The number of methoxy groups -OCH3 is 2. The molecule has 0 aliphatic carbocycles. The van der Waals surface area contributed by atoms with Crippen LogP contribution in [0.15, 0.2) is 36.7 Å². The number of para-hydroxylation sites is 1. The molecule has 4 rings (SSSR count). The summed E-state index contributed by atoms with van der Waals surface area (Å²) < 4.78 is 42.9. The molecule has 5 atom stereocenters. The van der Waals surface area contributed by atoms with E-state index in [-0.39, 0.29) is 24.4 Å². The molecule has 0 saturated carbocycles. The van der Waals surface area contributed by atoms with Crippen LogP contribution in [-0.2, 0) is 23.4 Å². The number of hydrogen-bond donors (Lipinski definition) is 2. The predicted octanol–water partition coefficient (Wildman–Crippen LogP) is 2.70. The van der Waals surface area contributed by atoms with Crippen LogP contribution >= 0.6 is 7.75 Å². The number of hydrogen-bond acceptors (Lipinski definition) is 11. The van der Waals surface area contributed by atoms with Crippen LogP contribution in [0.4, 0.5) is 5.95 Å². The van der Waals surface area contributed by atoms with Gasteiger partial charge in [-0.25, -0.2) is 9.55 Å². The lowest BCUT2D eigenvalue weighted by molar-refractivity contribution is -0.142. The van der Waals surface area contributed by atoms with Crippen LogP contribution in [0.1, 0.15) is 26.5 Å². The number of nitrogens with two attached hydrogens (primary N) is 1. The highest BCUT2D eigenvalue weighted by Gasteiger charge is 2.38. The summed E-state index contributed by atoms with van der Waals surface area (Å²) in [5.41, 5.74) is 6.77. The maximum Gasteiger partial charge on any atom is 0.459 e. The smallest absolute Gasteiger partial charge is 0.459 e. The second-order valence-corrected chi connectivity index (χ2v) is 10.0. The Morgan fingerprint density at radius 3 is 2.75 bits per heavy atom. The number of imidazole rings is 1. The number of nitrogens with one attached hydrogen (secondary N) is 1. The van der Waals surface area contributed by atoms with E-state index in [1.807, 2.05) is 6.92 Å². The number of anilines is 1. The number of fused-ring (bicyclic) bond motifs is 1. The number of benzene rings is 1. The summed E-state index contributed by atoms with van der Waals surface area (Å²) in [6, 6.07) is 7.60. The monoisotopic (exact) mass is 520 g/mol. The Labute approximate surface area is 207 Å². The number of ether oxygens (including phenoxy) is 3. The van der Waals surface area contributed by atoms with Crippen molar-refractivity contribution in [2.75, 3.05) is 26.6 Å². The molecule has 36 heavy (non-hydrogen) atoms. The van der Waals surface area contributed by atoms with Crippen LogP contribution < -0.4 is 20.1 Å². The highest BCUT2D eigenvalue weighted by molar-refractivity contribution is 7.52. The third-order valence-electron chi connectivity index (χ3n) is 5.63. The van der Waals surface area contributed by atoms with Gasteiger partial charge in [-0.2, -0.15) is 15.1 Å². The van der Waals surface area contributed by atoms with Gasteiger partial charge in [0.1, 0.15) is 18.0 Å². The molecule has 2 aromatic heterocycles. The molecular formula is C22H29N6O7P. The van der Waals surface area contributed by atoms with Gasteiger partial charge in [0.05, 0.1) is 33.3 Å². The summed E-state index contributed by atoms with van der Waals surface area (Å²) in [6.07, 6.45) is 1.33. The normalized spacial score (nSPS) is 22.2. The molecule has 3 heterocycles. The first-order valence-corrected chi connectivity index (χ1v) is 12.8. The molecule has 3 N–H and O–H groups in total. The first kappa shape index (κ1) is 25.8. The van der Waals surface area contributed by atoms with Crippen molar-refractivity contribution in [1.29, 1.82) is 0 Å². The standard InChI is InChI=1S/C22H29N6O7P/c1-13-10-16(34-20(13)28-12-24-17-18(28)25-22(23)26-19(17)31-3)11-33-36(30,27-14(2)21(29)32-4)35-15-8-6-5-7-9-15/h5-9,12-14,16,20H,10-11H2,1-4H3,(H,27,30)(H2,23,25,26). The zero-order valence-corrected chi connectivity index (χ0v) is 21.3. The Bertz CT molecular complexity index is 1260. The molecule has 0 radical (unpaired) electrons. The van der Waals surface area contributed by atoms with Crippen LogP contribution in [0.25, 0.3) is 11.2 Å². The van der Waals surface area contributed by atoms with E-state index in [1.54, 1.807) is 41.2 Å². The predicted molar refractivity (Wildman–Crippen MR) is 129 cm³/mol. The molecule has 0 amide bonds. The van der Waals surface area contributed by atoms with Gasteiger partial charge in [-0.1, -0.05) is 25.1 Å². The molecule has 14 heteroatoms. The van der Waals surface area contributed by atoms with E-state index >= 15 is 0 Å². The fourth-order valence-corrected chi connectivity index (χ4v) is 5.48. The lowest BCUT2D eigenvalue weighted by Crippen LogP contribution is -2.35. The fraction of sp³-hybridized carbons (Fsp3) is 0.455. The van der Waals surface area contributed by atoms with E-state index < -0.39 is 32.1 Å². The maximum atomic E-state index is 13.6. The zero-order valence-electron chi connectivity index (χ0n) is 20.4. The molecule has 1 aliphatic rings. The minimum atomic E-state index is -3.98. The quantitative estimate of drug-likeness (QED) is 0.297. The van der Waals surface area contributed by atoms with Crippen molar-refractivity contribution in [2.24, 2.45) is 5.92 Å². The number of carbonyl (C=O) groups excluding carboxylic acids is 1. The number of nitrogen functional groups attached to an aromatic ring is 1. The number of esters is 1. The first-order valence-electron chi connectivity index (χ1n) is 11.3. The van der Waals surface area contributed by atoms with Crippen molar-refractivity contribution in [3.63, 3.8) is 0 Å². The third kappa shape index (κ3) is 5.59. The van der Waals surface area contributed by atoms with Gasteiger partial charge in [0.2, 0.25) is 11.8 Å². The summed E-state index contributed by atoms with van der Waals surface area (Å²) in [5, 5.41) is 2.63. The van der Waals surface area contributed by atoms with Crippen LogP contribution in [-0.4, -0.2) is 58.5 Å². The average Bonchev–Trinajstić information content (AvgIpc) is 3.44. The van der Waals surface area contributed by atoms with Crippen LogP contribution in [0, 0.1) is 5.92 Å². The molecule has 1 saturated heterocycles. The summed E-state index contributed by atoms with van der Waals surface area (Å²) in [7, 11) is -1.25. The minimum absolute atomic E-state index is 0.0366. The van der Waals surface area contributed by atoms with Gasteiger partial charge >= 0.3 is 13.7 Å². The van der Waals surface area contributed by atoms with Gasteiger partial charge in [-0.15, -0.1) is 0 Å². The van der Waals surface area contributed by atoms with Crippen molar-refractivity contribution in [3.8, 4) is 11.6 Å². The SMILES string of the molecule is COC(=O)C(C)NP(=O)(OCC1CC(C)C(n2cnc3c(OC)nc(N)nc32)O1)Oc1ccccc1. The molecule has 1 aromatic carbocycles. The topological polar surface area (TPSA) is 162 Å². The van der Waals surface area contributed by atoms with Gasteiger partial charge in [-0.3, -0.25) is 13.9 Å². The van der Waals surface area contributed by atoms with Gasteiger partial charge in [0.15, 0.2) is 11.2 Å². The van der Waals surface area contributed by atoms with E-state index in [4.69, 9.17) is 29.0 Å². The largest absolute Gasteiger partial charge is 0.479 e. The number of nitrogens with zero attached hydrogens (tertiary/aromatic N) is 4. The van der Waals surface area contributed by atoms with E-state index in [0.717, 1.165) is 0 Å². The Kier molecular flexibility index (Phi) is 7.74. The minimum Gasteiger partial charge on any atom is -0.479 e. The summed E-state index contributed by atoms with van der Waals surface area (Å²) in [6.45, 7) is 3.46. The van der Waals surface area contributed by atoms with E-state index in [1.165, 1.54) is 21.1 Å². The molecule has 1 aliphatic heterocycles. The van der Waals surface area contributed by atoms with Crippen molar-refractivity contribution in [2.45, 2.75) is 38.6 Å². The zero-order chi connectivity index (χ0) is 25.9. The fourth-order valence-electron chi connectivity index (χ4n) is 3.96. The highest BCUT2D eigenvalue weighted by Crippen LogP contribution is 2.46. The summed E-state index contributed by atoms with van der Waals surface area (Å²) in [4.78, 5) is 24.6. The summed E-state index contributed by atoms with van der Waals surface area (Å²) in [5.74, 6) is 0.0719. The second-order valence-electron chi connectivity index (χ2n) is 8.35. The van der Waals surface area contributed by atoms with E-state index in [0.29, 0.717) is 23.3 Å². The molecule has 0 bridgehead atoms. The molecule has 0 spiro atoms. The third-order valence-corrected chi connectivity index (χ3v) is 7.28. The maximum absolute atomic E-state index is 13.6. The molecule has 3 aromatic rings. The Hall–Kier alpha value is -3.25. The van der Waals surface area contributed by atoms with Crippen LogP contribution in [0.3, 0.4) is 0 Å². The average molecular weight is 520 g/mol. The van der Waals surface area contributed by atoms with Crippen molar-refractivity contribution >= 4 is 30.8 Å². The second kappa shape index (κ2) is 10.8. The lowest BCUT2D eigenvalue weighted by atomic mass is 10.1. The number of carbonyl (C=O) groups is 1. The van der Waals surface area contributed by atoms with Crippen LogP contribution in [0.2, 0.25) is 0 Å². The summed E-state index contributed by atoms with van der Waals surface area (Å²) >= 11 is 0. The molecule has 1 fully saturated rings. The van der Waals surface area contributed by atoms with Gasteiger partial charge in [0.25, 0.3) is 0 Å². The van der Waals surface area contributed by atoms with Crippen molar-refractivity contribution in [1.82, 2.24) is 24.6 Å². The number of rotatable bonds is 10. The Balaban J connectivity index is 1.49. The first-order chi connectivity index (χ1) is 17.2. The van der Waals surface area contributed by atoms with E-state index in [2.05, 4.69) is 20.0 Å². The van der Waals surface area contributed by atoms with Gasteiger partial charge < -0.3 is 24.5 Å². The molecular weight excluding hydrogens is 491 g/mol. The van der Waals surface area contributed by atoms with Crippen molar-refractivity contribution in [3.05, 3.63) is 36.7 Å².